The van der Waals surface area contributed by atoms with E-state index in [0.29, 0.717) is 0 Å². The van der Waals surface area contributed by atoms with E-state index in [4.69, 9.17) is 0 Å². The van der Waals surface area contributed by atoms with E-state index in [1.807, 2.05) is 19.1 Å². The molecular formula is C12H17O. The molecule has 1 heteroatoms. The van der Waals surface area contributed by atoms with Gasteiger partial charge in [0.2, 0.25) is 0 Å². The van der Waals surface area contributed by atoms with Crippen LogP contribution in [0, 0.1) is 20.8 Å². The second-order valence-corrected chi connectivity index (χ2v) is 4.19. The number of hydrogen-bond donors (Lipinski definition) is 0. The van der Waals surface area contributed by atoms with E-state index in [2.05, 4.69) is 13.8 Å². The average Bonchev–Trinajstić information content (AvgIpc) is 1.98. The number of rotatable bonds is 1. The van der Waals surface area contributed by atoms with Crippen LogP contribution < -0.4 is 0 Å². The van der Waals surface area contributed by atoms with Crippen LogP contribution in [0.25, 0.3) is 0 Å². The molecule has 0 bridgehead atoms. The first kappa shape index (κ1) is 10.3. The molecule has 71 valence electrons. The molecule has 0 fully saturated rings. The molecule has 1 aromatic carbocycles. The molecule has 0 spiro atoms. The van der Waals surface area contributed by atoms with Crippen LogP contribution in [0.4, 0.5) is 0 Å². The predicted molar refractivity (Wildman–Crippen MR) is 54.4 cm³/mol. The molecule has 0 aliphatic carbocycles. The van der Waals surface area contributed by atoms with Crippen LogP contribution in [0.2, 0.25) is 0 Å². The van der Waals surface area contributed by atoms with Crippen molar-refractivity contribution >= 4 is 0 Å². The van der Waals surface area contributed by atoms with Gasteiger partial charge in [0.05, 0.1) is 0 Å². The lowest BCUT2D eigenvalue weighted by Crippen LogP contribution is -2.16. The van der Waals surface area contributed by atoms with Crippen molar-refractivity contribution in [1.29, 1.82) is 0 Å². The third kappa shape index (κ3) is 1.92. The van der Waals surface area contributed by atoms with Crippen molar-refractivity contribution in [3.63, 3.8) is 0 Å². The maximum absolute atomic E-state index is 11.8. The normalized spacial score (nSPS) is 11.8. The molecule has 0 aliphatic rings. The van der Waals surface area contributed by atoms with E-state index in [9.17, 15) is 5.11 Å². The van der Waals surface area contributed by atoms with Crippen molar-refractivity contribution < 1.29 is 5.11 Å². The van der Waals surface area contributed by atoms with Crippen molar-refractivity contribution in [3.8, 4) is 0 Å². The van der Waals surface area contributed by atoms with Gasteiger partial charge in [-0.25, -0.2) is 5.11 Å². The zero-order valence-corrected chi connectivity index (χ0v) is 9.06. The van der Waals surface area contributed by atoms with Gasteiger partial charge in [0.25, 0.3) is 0 Å². The Morgan fingerprint density at radius 1 is 1.00 bits per heavy atom. The van der Waals surface area contributed by atoms with Crippen molar-refractivity contribution in [2.75, 3.05) is 0 Å². The highest BCUT2D eigenvalue weighted by molar-refractivity contribution is 5.41. The Kier molecular flexibility index (Phi) is 2.49. The molecule has 13 heavy (non-hydrogen) atoms. The largest absolute Gasteiger partial charge is 0.225 e. The van der Waals surface area contributed by atoms with Gasteiger partial charge in [-0.2, -0.15) is 0 Å². The minimum atomic E-state index is -0.984. The van der Waals surface area contributed by atoms with Gasteiger partial charge in [-0.15, -0.1) is 0 Å². The van der Waals surface area contributed by atoms with E-state index >= 15 is 0 Å². The van der Waals surface area contributed by atoms with Crippen LogP contribution in [0.15, 0.2) is 12.1 Å². The summed E-state index contributed by atoms with van der Waals surface area (Å²) in [6, 6.07) is 3.97. The summed E-state index contributed by atoms with van der Waals surface area (Å²) >= 11 is 0. The summed E-state index contributed by atoms with van der Waals surface area (Å²) in [5, 5.41) is 11.8. The van der Waals surface area contributed by atoms with Gasteiger partial charge in [0, 0.05) is 0 Å². The Labute approximate surface area is 80.4 Å². The molecule has 0 aliphatic heterocycles. The van der Waals surface area contributed by atoms with Gasteiger partial charge in [0.1, 0.15) is 5.60 Å². The summed E-state index contributed by atoms with van der Waals surface area (Å²) in [5.74, 6) is 0. The smallest absolute Gasteiger partial charge is 0.123 e. The van der Waals surface area contributed by atoms with Crippen LogP contribution in [-0.4, -0.2) is 0 Å². The Balaban J connectivity index is 3.35. The van der Waals surface area contributed by atoms with Crippen LogP contribution in [-0.2, 0) is 10.7 Å². The van der Waals surface area contributed by atoms with E-state index in [1.54, 1.807) is 13.8 Å². The highest BCUT2D eigenvalue weighted by Gasteiger charge is 2.21. The first-order valence-corrected chi connectivity index (χ1v) is 4.61. The topological polar surface area (TPSA) is 19.9 Å². The van der Waals surface area contributed by atoms with E-state index in [1.165, 1.54) is 11.1 Å². The van der Waals surface area contributed by atoms with Gasteiger partial charge in [-0.1, -0.05) is 12.1 Å². The highest BCUT2D eigenvalue weighted by atomic mass is 16.3. The third-order valence-electron chi connectivity index (χ3n) is 2.71. The third-order valence-corrected chi connectivity index (χ3v) is 2.71. The molecule has 0 N–H and O–H groups in total. The lowest BCUT2D eigenvalue weighted by molar-refractivity contribution is -0.000676. The summed E-state index contributed by atoms with van der Waals surface area (Å²) in [4.78, 5) is 0. The molecule has 0 unspecified atom stereocenters. The Morgan fingerprint density at radius 3 is 2.00 bits per heavy atom. The van der Waals surface area contributed by atoms with E-state index < -0.39 is 5.60 Å². The summed E-state index contributed by atoms with van der Waals surface area (Å²) in [6.45, 7) is 9.59. The minimum absolute atomic E-state index is 0.913. The lowest BCUT2D eigenvalue weighted by Gasteiger charge is -2.20. The van der Waals surface area contributed by atoms with Gasteiger partial charge in [-0.05, 0) is 56.9 Å². The van der Waals surface area contributed by atoms with Gasteiger partial charge >= 0.3 is 0 Å². The fourth-order valence-corrected chi connectivity index (χ4v) is 1.61. The Bertz CT molecular complexity index is 319. The minimum Gasteiger partial charge on any atom is -0.225 e. The Hall–Kier alpha value is -0.820. The van der Waals surface area contributed by atoms with Gasteiger partial charge in [0.15, 0.2) is 0 Å². The summed E-state index contributed by atoms with van der Waals surface area (Å²) in [6.07, 6.45) is 0. The summed E-state index contributed by atoms with van der Waals surface area (Å²) in [5.41, 5.74) is 3.56. The molecule has 1 aromatic rings. The molecule has 0 atom stereocenters. The number of hydrogen-bond acceptors (Lipinski definition) is 0. The van der Waals surface area contributed by atoms with Crippen LogP contribution >= 0.6 is 0 Å². The molecule has 0 saturated carbocycles. The zero-order chi connectivity index (χ0) is 10.2. The fraction of sp³-hybridized carbons (Fsp3) is 0.500. The first-order chi connectivity index (χ1) is 5.84. The molecule has 1 rings (SSSR count). The maximum atomic E-state index is 11.8. The van der Waals surface area contributed by atoms with Crippen LogP contribution in [0.5, 0.6) is 0 Å². The molecule has 0 aromatic heterocycles. The van der Waals surface area contributed by atoms with Crippen molar-refractivity contribution in [3.05, 3.63) is 34.4 Å². The first-order valence-electron chi connectivity index (χ1n) is 4.61. The molecule has 0 heterocycles. The standard InChI is InChI=1S/C12H17O/c1-8-6-7-11(12(4,5)13)10(3)9(8)2/h6-7H,1-5H3. The average molecular weight is 177 g/mol. The second-order valence-electron chi connectivity index (χ2n) is 4.19. The van der Waals surface area contributed by atoms with Crippen LogP contribution in [0.1, 0.15) is 36.1 Å². The molecular weight excluding hydrogens is 160 g/mol. The number of benzene rings is 1. The Morgan fingerprint density at radius 2 is 1.54 bits per heavy atom. The zero-order valence-electron chi connectivity index (χ0n) is 9.06. The lowest BCUT2D eigenvalue weighted by atomic mass is 9.89. The SMILES string of the molecule is Cc1ccc(C(C)(C)[O])c(C)c1C. The monoisotopic (exact) mass is 177 g/mol. The van der Waals surface area contributed by atoms with Crippen molar-refractivity contribution in [2.24, 2.45) is 0 Å². The van der Waals surface area contributed by atoms with Crippen molar-refractivity contribution in [2.45, 2.75) is 40.2 Å². The van der Waals surface area contributed by atoms with Crippen LogP contribution in [0.3, 0.4) is 0 Å². The molecule has 1 radical (unpaired) electrons. The van der Waals surface area contributed by atoms with Gasteiger partial charge < -0.3 is 0 Å². The molecule has 0 amide bonds. The maximum Gasteiger partial charge on any atom is 0.123 e. The van der Waals surface area contributed by atoms with Crippen molar-refractivity contribution in [1.82, 2.24) is 0 Å². The molecule has 0 saturated heterocycles. The second kappa shape index (κ2) is 3.15. The fourth-order valence-electron chi connectivity index (χ4n) is 1.61. The summed E-state index contributed by atoms with van der Waals surface area (Å²) < 4.78 is 0. The quantitative estimate of drug-likeness (QED) is 0.627. The van der Waals surface area contributed by atoms with E-state index in [-0.39, 0.29) is 0 Å². The van der Waals surface area contributed by atoms with Gasteiger partial charge in [-0.3, -0.25) is 0 Å². The molecule has 1 nitrogen and oxygen atoms in total. The van der Waals surface area contributed by atoms with E-state index in [0.717, 1.165) is 11.1 Å². The summed E-state index contributed by atoms with van der Waals surface area (Å²) in [7, 11) is 0. The number of aryl methyl sites for hydroxylation is 1. The highest BCUT2D eigenvalue weighted by Crippen LogP contribution is 2.27. The predicted octanol–water partition coefficient (Wildman–Crippen LogP) is 3.28.